The van der Waals surface area contributed by atoms with Gasteiger partial charge in [0.25, 0.3) is 0 Å². The third kappa shape index (κ3) is 6.76. The third-order valence-corrected chi connectivity index (χ3v) is 6.07. The van der Waals surface area contributed by atoms with Gasteiger partial charge in [0.15, 0.2) is 0 Å². The van der Waals surface area contributed by atoms with Gasteiger partial charge in [-0.1, -0.05) is 23.4 Å². The van der Waals surface area contributed by atoms with Crippen LogP contribution in [0, 0.1) is 13.8 Å². The predicted octanol–water partition coefficient (Wildman–Crippen LogP) is 5.63. The summed E-state index contributed by atoms with van der Waals surface area (Å²) in [6.07, 6.45) is 1.86. The van der Waals surface area contributed by atoms with Crippen LogP contribution in [-0.2, 0) is 14.3 Å². The Balaban J connectivity index is 1.76. The number of ether oxygens (including phenoxy) is 2. The van der Waals surface area contributed by atoms with Crippen LogP contribution in [0.3, 0.4) is 0 Å². The van der Waals surface area contributed by atoms with Gasteiger partial charge in [-0.15, -0.1) is 0 Å². The van der Waals surface area contributed by atoms with Crippen LogP contribution < -0.4 is 15.4 Å². The molecule has 0 aromatic heterocycles. The van der Waals surface area contributed by atoms with Crippen LogP contribution >= 0.6 is 23.4 Å². The summed E-state index contributed by atoms with van der Waals surface area (Å²) in [6.45, 7) is 6.12. The van der Waals surface area contributed by atoms with Gasteiger partial charge in [-0.2, -0.15) is 0 Å². The Kier molecular flexibility index (Phi) is 8.41. The Labute approximate surface area is 202 Å². The number of aryl methyl sites for hydroxylation is 2. The van der Waals surface area contributed by atoms with E-state index >= 15 is 0 Å². The molecule has 0 saturated heterocycles. The number of hydrogen-bond donors (Lipinski definition) is 2. The van der Waals surface area contributed by atoms with Crippen LogP contribution in [0.15, 0.2) is 47.1 Å². The molecule has 33 heavy (non-hydrogen) atoms. The minimum absolute atomic E-state index is 0.0797. The van der Waals surface area contributed by atoms with E-state index in [-0.39, 0.29) is 24.1 Å². The highest BCUT2D eigenvalue weighted by atomic mass is 35.5. The number of thioether (sulfide) groups is 1. The van der Waals surface area contributed by atoms with Crippen molar-refractivity contribution >= 4 is 57.3 Å². The molecule has 0 saturated carbocycles. The lowest BCUT2D eigenvalue weighted by Crippen LogP contribution is -2.15. The molecule has 1 aliphatic heterocycles. The summed E-state index contributed by atoms with van der Waals surface area (Å²) >= 11 is 7.41. The Morgan fingerprint density at radius 1 is 1.18 bits per heavy atom. The highest BCUT2D eigenvalue weighted by Gasteiger charge is 2.17. The number of hydrogen-bond acceptors (Lipinski definition) is 7. The fourth-order valence-corrected chi connectivity index (χ4v) is 4.12. The van der Waals surface area contributed by atoms with E-state index in [2.05, 4.69) is 10.6 Å². The average Bonchev–Trinajstić information content (AvgIpc) is 2.91. The van der Waals surface area contributed by atoms with E-state index in [1.807, 2.05) is 26.0 Å². The van der Waals surface area contributed by atoms with E-state index in [0.717, 1.165) is 22.5 Å². The lowest BCUT2D eigenvalue weighted by Gasteiger charge is -2.12. The zero-order chi connectivity index (χ0) is 24.0. The topological polar surface area (TPSA) is 89.0 Å². The summed E-state index contributed by atoms with van der Waals surface area (Å²) in [6, 6.07) is 9.03. The molecule has 0 spiro atoms. The van der Waals surface area contributed by atoms with Crippen molar-refractivity contribution in [1.82, 2.24) is 0 Å². The van der Waals surface area contributed by atoms with Gasteiger partial charge in [0.2, 0.25) is 5.91 Å². The number of rotatable bonds is 7. The molecule has 0 bridgehead atoms. The van der Waals surface area contributed by atoms with Gasteiger partial charge >= 0.3 is 5.97 Å². The van der Waals surface area contributed by atoms with Crippen molar-refractivity contribution in [3.05, 3.63) is 58.3 Å². The molecular weight excluding hydrogens is 462 g/mol. The number of esters is 1. The summed E-state index contributed by atoms with van der Waals surface area (Å²) in [5, 5.41) is 7.15. The molecule has 174 valence electrons. The van der Waals surface area contributed by atoms with Crippen molar-refractivity contribution in [3.63, 3.8) is 0 Å². The first kappa shape index (κ1) is 24.7. The van der Waals surface area contributed by atoms with Crippen molar-refractivity contribution in [3.8, 4) is 5.75 Å². The van der Waals surface area contributed by atoms with Crippen LogP contribution in [0.1, 0.15) is 24.5 Å². The van der Waals surface area contributed by atoms with Crippen LogP contribution in [0.5, 0.6) is 5.75 Å². The first-order valence-corrected chi connectivity index (χ1v) is 11.7. The molecule has 2 N–H and O–H groups in total. The molecule has 1 aliphatic rings. The van der Waals surface area contributed by atoms with E-state index in [1.165, 1.54) is 18.9 Å². The first-order chi connectivity index (χ1) is 15.8. The molecule has 0 atom stereocenters. The van der Waals surface area contributed by atoms with Gasteiger partial charge < -0.3 is 20.1 Å². The van der Waals surface area contributed by atoms with E-state index in [4.69, 9.17) is 26.1 Å². The molecule has 2 aromatic carbocycles. The number of amides is 1. The van der Waals surface area contributed by atoms with Crippen LogP contribution in [0.4, 0.5) is 17.1 Å². The second-order valence-corrected chi connectivity index (χ2v) is 8.77. The minimum Gasteiger partial charge on any atom is -0.495 e. The Morgan fingerprint density at radius 2 is 1.94 bits per heavy atom. The number of nitrogens with one attached hydrogen (secondary N) is 2. The summed E-state index contributed by atoms with van der Waals surface area (Å²) in [4.78, 5) is 29.3. The molecule has 3 rings (SSSR count). The monoisotopic (exact) mass is 487 g/mol. The van der Waals surface area contributed by atoms with Crippen molar-refractivity contribution in [2.24, 2.45) is 4.99 Å². The highest BCUT2D eigenvalue weighted by molar-refractivity contribution is 8.14. The van der Waals surface area contributed by atoms with E-state index < -0.39 is 0 Å². The number of anilines is 2. The average molecular weight is 488 g/mol. The van der Waals surface area contributed by atoms with Gasteiger partial charge in [0.1, 0.15) is 5.75 Å². The fourth-order valence-electron chi connectivity index (χ4n) is 3.12. The number of carbonyl (C=O) groups excluding carboxylic acids is 2. The standard InChI is InChI=1S/C24H26ClN3O4S/c1-5-32-24(30)12-17-11-23(28-20-9-15(3)14(2)8-19(20)26-17)33-13-22(29)27-16-6-7-21(31-4)18(25)10-16/h6-11,26H,5,12-13H2,1-4H3,(H,27,29). The first-order valence-electron chi connectivity index (χ1n) is 10.4. The van der Waals surface area contributed by atoms with Gasteiger partial charge in [-0.05, 0) is 68.3 Å². The van der Waals surface area contributed by atoms with Crippen LogP contribution in [0.25, 0.3) is 0 Å². The Hall–Kier alpha value is -2.97. The predicted molar refractivity (Wildman–Crippen MR) is 135 cm³/mol. The summed E-state index contributed by atoms with van der Waals surface area (Å²) in [5.41, 5.74) is 5.00. The number of benzene rings is 2. The molecule has 9 heteroatoms. The van der Waals surface area contributed by atoms with E-state index in [0.29, 0.717) is 33.8 Å². The molecule has 0 unspecified atom stereocenters. The zero-order valence-corrected chi connectivity index (χ0v) is 20.5. The van der Waals surface area contributed by atoms with E-state index in [1.54, 1.807) is 31.2 Å². The van der Waals surface area contributed by atoms with Gasteiger partial charge in [0, 0.05) is 11.4 Å². The fraction of sp³-hybridized carbons (Fsp3) is 0.292. The minimum atomic E-state index is -0.331. The largest absolute Gasteiger partial charge is 0.495 e. The quantitative estimate of drug-likeness (QED) is 0.492. The smallest absolute Gasteiger partial charge is 0.311 e. The number of carbonyl (C=O) groups is 2. The normalized spacial score (nSPS) is 12.5. The molecule has 0 fully saturated rings. The molecule has 1 heterocycles. The van der Waals surface area contributed by atoms with Gasteiger partial charge in [-0.25, -0.2) is 4.99 Å². The summed E-state index contributed by atoms with van der Waals surface area (Å²) in [5.74, 6) is 0.128. The van der Waals surface area contributed by atoms with Gasteiger partial charge in [-0.3, -0.25) is 9.59 Å². The molecular formula is C24H26ClN3O4S. The highest BCUT2D eigenvalue weighted by Crippen LogP contribution is 2.34. The molecule has 0 radical (unpaired) electrons. The zero-order valence-electron chi connectivity index (χ0n) is 19.0. The molecule has 1 amide bonds. The van der Waals surface area contributed by atoms with Crippen molar-refractivity contribution in [1.29, 1.82) is 0 Å². The maximum atomic E-state index is 12.5. The number of nitrogens with zero attached hydrogens (tertiary/aromatic N) is 1. The third-order valence-electron chi connectivity index (χ3n) is 4.86. The maximum absolute atomic E-state index is 12.5. The second-order valence-electron chi connectivity index (χ2n) is 7.37. The summed E-state index contributed by atoms with van der Waals surface area (Å²) < 4.78 is 10.2. The number of methoxy groups -OCH3 is 1. The molecule has 2 aromatic rings. The van der Waals surface area contributed by atoms with Crippen molar-refractivity contribution < 1.29 is 19.1 Å². The lowest BCUT2D eigenvalue weighted by atomic mass is 10.1. The summed E-state index contributed by atoms with van der Waals surface area (Å²) in [7, 11) is 1.53. The second kappa shape index (κ2) is 11.2. The number of halogens is 1. The number of aliphatic imine (C=N–C) groups is 1. The lowest BCUT2D eigenvalue weighted by molar-refractivity contribution is -0.142. The van der Waals surface area contributed by atoms with Crippen LogP contribution in [-0.4, -0.2) is 36.4 Å². The Morgan fingerprint density at radius 3 is 2.64 bits per heavy atom. The van der Waals surface area contributed by atoms with Gasteiger partial charge in [0.05, 0.1) is 47.3 Å². The SMILES string of the molecule is CCOC(=O)CC1=CC(SCC(=O)Nc2ccc(OC)c(Cl)c2)=Nc2cc(C)c(C)cc2N1. The Bertz CT molecular complexity index is 1130. The number of fused-ring (bicyclic) bond motifs is 1. The van der Waals surface area contributed by atoms with E-state index in [9.17, 15) is 9.59 Å². The van der Waals surface area contributed by atoms with Crippen LogP contribution in [0.2, 0.25) is 5.02 Å². The maximum Gasteiger partial charge on any atom is 0.311 e. The van der Waals surface area contributed by atoms with Crippen molar-refractivity contribution in [2.45, 2.75) is 27.2 Å². The van der Waals surface area contributed by atoms with Crippen molar-refractivity contribution in [2.75, 3.05) is 30.1 Å². The molecule has 0 aliphatic carbocycles. The molecule has 7 nitrogen and oxygen atoms in total.